The Morgan fingerprint density at radius 2 is 1.96 bits per heavy atom. The summed E-state index contributed by atoms with van der Waals surface area (Å²) in [7, 11) is 0. The van der Waals surface area contributed by atoms with Crippen LogP contribution in [0, 0.1) is 0 Å². The third-order valence-electron chi connectivity index (χ3n) is 3.06. The van der Waals surface area contributed by atoms with Crippen molar-refractivity contribution in [3.8, 4) is 11.5 Å². The van der Waals surface area contributed by atoms with Crippen molar-refractivity contribution in [2.45, 2.75) is 6.18 Å². The molecular weight excluding hydrogens is 413 g/mol. The number of nitrogens with one attached hydrogen (secondary N) is 1. The van der Waals surface area contributed by atoms with Gasteiger partial charge in [0.2, 0.25) is 5.89 Å². The Balaban J connectivity index is 1.97. The van der Waals surface area contributed by atoms with Crippen LogP contribution < -0.4 is 5.32 Å². The Morgan fingerprint density at radius 3 is 2.67 bits per heavy atom. The van der Waals surface area contributed by atoms with Crippen molar-refractivity contribution >= 4 is 50.2 Å². The zero-order valence-corrected chi connectivity index (χ0v) is 14.0. The van der Waals surface area contributed by atoms with E-state index in [1.807, 2.05) is 0 Å². The minimum atomic E-state index is -4.96. The van der Waals surface area contributed by atoms with E-state index in [0.29, 0.717) is 21.7 Å². The zero-order chi connectivity index (χ0) is 17.5. The predicted octanol–water partition coefficient (Wildman–Crippen LogP) is 5.41. The summed E-state index contributed by atoms with van der Waals surface area (Å²) in [6.07, 6.45) is -4.96. The van der Waals surface area contributed by atoms with E-state index in [4.69, 9.17) is 16.0 Å². The van der Waals surface area contributed by atoms with Crippen molar-refractivity contribution in [3.05, 3.63) is 45.9 Å². The first kappa shape index (κ1) is 16.8. The molecule has 0 radical (unpaired) electrons. The van der Waals surface area contributed by atoms with Crippen LogP contribution in [0.5, 0.6) is 0 Å². The smallest absolute Gasteiger partial charge is 0.436 e. The number of benzene rings is 2. The lowest BCUT2D eigenvalue weighted by atomic mass is 10.2. The number of rotatable bonds is 2. The van der Waals surface area contributed by atoms with Crippen LogP contribution in [0.4, 0.5) is 18.9 Å². The molecular formula is C15H7BrClF3N2O2. The normalized spacial score (nSPS) is 11.7. The van der Waals surface area contributed by atoms with Gasteiger partial charge in [-0.05, 0) is 36.4 Å². The van der Waals surface area contributed by atoms with E-state index < -0.39 is 12.1 Å². The van der Waals surface area contributed by atoms with Gasteiger partial charge in [-0.1, -0.05) is 27.5 Å². The third-order valence-corrected chi connectivity index (χ3v) is 3.88. The second-order valence-electron chi connectivity index (χ2n) is 4.78. The Morgan fingerprint density at radius 1 is 1.21 bits per heavy atom. The number of hydrogen-bond acceptors (Lipinski definition) is 3. The molecule has 1 N–H and O–H groups in total. The number of halogens is 5. The Labute approximate surface area is 146 Å². The number of anilines is 1. The molecule has 24 heavy (non-hydrogen) atoms. The summed E-state index contributed by atoms with van der Waals surface area (Å²) < 4.78 is 43.2. The second-order valence-corrected chi connectivity index (χ2v) is 6.10. The molecule has 1 heterocycles. The number of fused-ring (bicyclic) bond motifs is 1. The first-order valence-corrected chi connectivity index (χ1v) is 7.65. The first-order valence-electron chi connectivity index (χ1n) is 6.48. The number of aromatic nitrogens is 1. The summed E-state index contributed by atoms with van der Waals surface area (Å²) in [5.41, 5.74) is 1.14. The van der Waals surface area contributed by atoms with Crippen LogP contribution in [0.15, 0.2) is 45.3 Å². The number of carbonyl (C=O) groups is 1. The maximum absolute atomic E-state index is 12.3. The Hall–Kier alpha value is -2.06. The molecule has 0 atom stereocenters. The van der Waals surface area contributed by atoms with Gasteiger partial charge in [-0.15, -0.1) is 0 Å². The van der Waals surface area contributed by atoms with E-state index in [9.17, 15) is 18.0 Å². The average molecular weight is 420 g/mol. The Kier molecular flexibility index (Phi) is 4.27. The van der Waals surface area contributed by atoms with Crippen LogP contribution in [0.1, 0.15) is 0 Å². The van der Waals surface area contributed by atoms with Crippen LogP contribution >= 0.6 is 27.5 Å². The zero-order valence-electron chi connectivity index (χ0n) is 11.6. The maximum atomic E-state index is 12.3. The number of carbonyl (C=O) groups excluding carboxylic acids is 1. The molecule has 0 aliphatic heterocycles. The van der Waals surface area contributed by atoms with Crippen molar-refractivity contribution in [2.24, 2.45) is 0 Å². The van der Waals surface area contributed by atoms with Crippen LogP contribution in [-0.4, -0.2) is 17.1 Å². The SMILES string of the molecule is O=C(Nc1ccc2oc(-c3cc(Br)ccc3Cl)nc2c1)C(F)(F)F. The molecule has 3 rings (SSSR count). The standard InChI is InChI=1S/C15H7BrClF3N2O2/c16-7-1-3-10(17)9(5-7)13-22-11-6-8(2-4-12(11)24-13)21-14(23)15(18,19)20/h1-6H,(H,21,23). The summed E-state index contributed by atoms with van der Waals surface area (Å²) in [6.45, 7) is 0. The van der Waals surface area contributed by atoms with Crippen molar-refractivity contribution in [2.75, 3.05) is 5.32 Å². The van der Waals surface area contributed by atoms with Crippen molar-refractivity contribution < 1.29 is 22.4 Å². The molecule has 0 aliphatic carbocycles. The van der Waals surface area contributed by atoms with Crippen LogP contribution in [0.25, 0.3) is 22.6 Å². The molecule has 4 nitrogen and oxygen atoms in total. The molecule has 0 spiro atoms. The Bertz CT molecular complexity index is 940. The van der Waals surface area contributed by atoms with Gasteiger partial charge in [-0.2, -0.15) is 13.2 Å². The fraction of sp³-hybridized carbons (Fsp3) is 0.0667. The highest BCUT2D eigenvalue weighted by atomic mass is 79.9. The summed E-state index contributed by atoms with van der Waals surface area (Å²) in [5.74, 6) is -1.84. The van der Waals surface area contributed by atoms with Gasteiger partial charge in [0.15, 0.2) is 5.58 Å². The molecule has 1 aromatic heterocycles. The van der Waals surface area contributed by atoms with Gasteiger partial charge in [-0.25, -0.2) is 4.98 Å². The van der Waals surface area contributed by atoms with Gasteiger partial charge in [0, 0.05) is 10.2 Å². The number of oxazole rings is 1. The van der Waals surface area contributed by atoms with Gasteiger partial charge >= 0.3 is 12.1 Å². The fourth-order valence-corrected chi connectivity index (χ4v) is 2.54. The van der Waals surface area contributed by atoms with Gasteiger partial charge in [0.05, 0.1) is 10.6 Å². The van der Waals surface area contributed by atoms with E-state index in [1.54, 1.807) is 23.5 Å². The predicted molar refractivity (Wildman–Crippen MR) is 86.8 cm³/mol. The van der Waals surface area contributed by atoms with E-state index in [-0.39, 0.29) is 11.6 Å². The molecule has 0 bridgehead atoms. The number of nitrogens with zero attached hydrogens (tertiary/aromatic N) is 1. The first-order chi connectivity index (χ1) is 11.2. The van der Waals surface area contributed by atoms with E-state index in [2.05, 4.69) is 20.9 Å². The lowest BCUT2D eigenvalue weighted by Crippen LogP contribution is -2.29. The molecule has 1 amide bonds. The molecule has 2 aromatic carbocycles. The minimum Gasteiger partial charge on any atom is -0.436 e. The van der Waals surface area contributed by atoms with Gasteiger partial charge < -0.3 is 9.73 Å². The highest BCUT2D eigenvalue weighted by molar-refractivity contribution is 9.10. The number of amides is 1. The quantitative estimate of drug-likeness (QED) is 0.604. The second kappa shape index (κ2) is 6.10. The fourth-order valence-electron chi connectivity index (χ4n) is 1.98. The highest BCUT2D eigenvalue weighted by Crippen LogP contribution is 2.33. The molecule has 0 fully saturated rings. The van der Waals surface area contributed by atoms with Crippen LogP contribution in [0.3, 0.4) is 0 Å². The summed E-state index contributed by atoms with van der Waals surface area (Å²) in [4.78, 5) is 15.2. The third kappa shape index (κ3) is 3.39. The molecule has 0 aliphatic rings. The van der Waals surface area contributed by atoms with E-state index in [0.717, 1.165) is 4.47 Å². The van der Waals surface area contributed by atoms with Crippen molar-refractivity contribution in [1.29, 1.82) is 0 Å². The average Bonchev–Trinajstić information content (AvgIpc) is 2.91. The molecule has 0 saturated carbocycles. The van der Waals surface area contributed by atoms with Crippen LogP contribution in [-0.2, 0) is 4.79 Å². The monoisotopic (exact) mass is 418 g/mol. The van der Waals surface area contributed by atoms with Crippen LogP contribution in [0.2, 0.25) is 5.02 Å². The summed E-state index contributed by atoms with van der Waals surface area (Å²) in [5, 5.41) is 2.18. The molecule has 9 heteroatoms. The molecule has 3 aromatic rings. The number of hydrogen-bond donors (Lipinski definition) is 1. The largest absolute Gasteiger partial charge is 0.471 e. The summed E-state index contributed by atoms with van der Waals surface area (Å²) >= 11 is 9.42. The minimum absolute atomic E-state index is 0.0370. The van der Waals surface area contributed by atoms with Gasteiger partial charge in [0.1, 0.15) is 5.52 Å². The lowest BCUT2D eigenvalue weighted by Gasteiger charge is -2.07. The van der Waals surface area contributed by atoms with E-state index >= 15 is 0 Å². The highest BCUT2D eigenvalue weighted by Gasteiger charge is 2.38. The molecule has 124 valence electrons. The molecule has 0 unspecified atom stereocenters. The number of alkyl halides is 3. The maximum Gasteiger partial charge on any atom is 0.471 e. The topological polar surface area (TPSA) is 55.1 Å². The summed E-state index contributed by atoms with van der Waals surface area (Å²) in [6, 6.07) is 9.12. The van der Waals surface area contributed by atoms with Gasteiger partial charge in [-0.3, -0.25) is 4.79 Å². The van der Waals surface area contributed by atoms with Crippen molar-refractivity contribution in [1.82, 2.24) is 4.98 Å². The van der Waals surface area contributed by atoms with E-state index in [1.165, 1.54) is 18.2 Å². The van der Waals surface area contributed by atoms with Gasteiger partial charge in [0.25, 0.3) is 0 Å². The lowest BCUT2D eigenvalue weighted by molar-refractivity contribution is -0.167. The van der Waals surface area contributed by atoms with Crippen molar-refractivity contribution in [3.63, 3.8) is 0 Å². The molecule has 0 saturated heterocycles.